The van der Waals surface area contributed by atoms with E-state index in [1.54, 1.807) is 22.7 Å². The number of imidazole rings is 1. The second kappa shape index (κ2) is 4.37. The fourth-order valence-electron chi connectivity index (χ4n) is 1.74. The monoisotopic (exact) mass is 232 g/mol. The Kier molecular flexibility index (Phi) is 2.91. The predicted molar refractivity (Wildman–Crippen MR) is 61.3 cm³/mol. The highest BCUT2D eigenvalue weighted by atomic mass is 16.5. The van der Waals surface area contributed by atoms with Crippen molar-refractivity contribution in [2.24, 2.45) is 0 Å². The van der Waals surface area contributed by atoms with Crippen LogP contribution in [0, 0.1) is 0 Å². The average Bonchev–Trinajstić information content (AvgIpc) is 2.74. The third-order valence-electron chi connectivity index (χ3n) is 2.60. The van der Waals surface area contributed by atoms with Crippen molar-refractivity contribution in [3.8, 4) is 0 Å². The molecule has 5 nitrogen and oxygen atoms in total. The molecule has 0 saturated heterocycles. The Bertz CT molecular complexity index is 587. The quantitative estimate of drug-likeness (QED) is 0.594. The molecule has 0 aromatic carbocycles. The minimum atomic E-state index is -0.435. The van der Waals surface area contributed by atoms with Gasteiger partial charge in [0.15, 0.2) is 6.29 Å². The molecule has 0 fully saturated rings. The fourth-order valence-corrected chi connectivity index (χ4v) is 1.74. The van der Waals surface area contributed by atoms with Gasteiger partial charge in [0, 0.05) is 6.20 Å². The topological polar surface area (TPSA) is 60.7 Å². The van der Waals surface area contributed by atoms with Crippen molar-refractivity contribution < 1.29 is 14.3 Å². The first-order chi connectivity index (χ1) is 8.21. The molecule has 0 amide bonds. The van der Waals surface area contributed by atoms with Gasteiger partial charge >= 0.3 is 5.97 Å². The van der Waals surface area contributed by atoms with E-state index in [4.69, 9.17) is 0 Å². The van der Waals surface area contributed by atoms with Gasteiger partial charge < -0.3 is 4.74 Å². The molecule has 2 aromatic heterocycles. The summed E-state index contributed by atoms with van der Waals surface area (Å²) in [6.07, 6.45) is 2.99. The van der Waals surface area contributed by atoms with Crippen molar-refractivity contribution in [2.45, 2.75) is 13.3 Å². The van der Waals surface area contributed by atoms with Crippen LogP contribution in [-0.2, 0) is 11.2 Å². The number of carbonyl (C=O) groups excluding carboxylic acids is 2. The molecule has 0 unspecified atom stereocenters. The van der Waals surface area contributed by atoms with Crippen LogP contribution in [-0.4, -0.2) is 28.7 Å². The summed E-state index contributed by atoms with van der Waals surface area (Å²) in [5, 5.41) is 0. The van der Waals surface area contributed by atoms with Crippen LogP contribution in [0.1, 0.15) is 33.5 Å². The smallest absolute Gasteiger partial charge is 0.339 e. The van der Waals surface area contributed by atoms with Crippen LogP contribution in [0.15, 0.2) is 18.3 Å². The number of aldehydes is 1. The highest BCUT2D eigenvalue weighted by Gasteiger charge is 2.12. The van der Waals surface area contributed by atoms with Crippen LogP contribution < -0.4 is 0 Å². The largest absolute Gasteiger partial charge is 0.465 e. The van der Waals surface area contributed by atoms with Crippen molar-refractivity contribution in [1.29, 1.82) is 0 Å². The van der Waals surface area contributed by atoms with E-state index in [1.165, 1.54) is 7.11 Å². The maximum absolute atomic E-state index is 11.4. The molecule has 0 atom stereocenters. The summed E-state index contributed by atoms with van der Waals surface area (Å²) in [7, 11) is 1.32. The molecule has 2 aromatic rings. The number of esters is 1. The van der Waals surface area contributed by atoms with Crippen LogP contribution in [0.3, 0.4) is 0 Å². The Morgan fingerprint density at radius 2 is 2.29 bits per heavy atom. The molecule has 0 bridgehead atoms. The third-order valence-corrected chi connectivity index (χ3v) is 2.60. The van der Waals surface area contributed by atoms with Gasteiger partial charge in [0.05, 0.1) is 18.4 Å². The van der Waals surface area contributed by atoms with Crippen molar-refractivity contribution in [1.82, 2.24) is 9.38 Å². The van der Waals surface area contributed by atoms with E-state index in [1.807, 2.05) is 6.92 Å². The lowest BCUT2D eigenvalue weighted by Crippen LogP contribution is -2.03. The van der Waals surface area contributed by atoms with Gasteiger partial charge in [0.25, 0.3) is 0 Å². The molecular weight excluding hydrogens is 220 g/mol. The van der Waals surface area contributed by atoms with Crippen LogP contribution in [0.5, 0.6) is 0 Å². The number of fused-ring (bicyclic) bond motifs is 1. The van der Waals surface area contributed by atoms with Crippen LogP contribution in [0.25, 0.3) is 5.65 Å². The highest BCUT2D eigenvalue weighted by Crippen LogP contribution is 2.13. The summed E-state index contributed by atoms with van der Waals surface area (Å²) < 4.78 is 6.24. The van der Waals surface area contributed by atoms with E-state index >= 15 is 0 Å². The van der Waals surface area contributed by atoms with Crippen LogP contribution in [0.4, 0.5) is 0 Å². The number of methoxy groups -OCH3 is 1. The van der Waals surface area contributed by atoms with Crippen LogP contribution >= 0.6 is 0 Å². The van der Waals surface area contributed by atoms with Gasteiger partial charge in [-0.25, -0.2) is 9.78 Å². The van der Waals surface area contributed by atoms with Gasteiger partial charge in [0.2, 0.25) is 0 Å². The number of hydrogen-bond donors (Lipinski definition) is 0. The molecule has 2 heterocycles. The van der Waals surface area contributed by atoms with E-state index in [0.717, 1.165) is 12.0 Å². The molecular formula is C12H12N2O3. The first-order valence-electron chi connectivity index (χ1n) is 5.25. The minimum Gasteiger partial charge on any atom is -0.465 e. The van der Waals surface area contributed by atoms with Crippen molar-refractivity contribution in [3.63, 3.8) is 0 Å². The molecule has 0 saturated carbocycles. The van der Waals surface area contributed by atoms with Gasteiger partial charge in [-0.1, -0.05) is 6.92 Å². The standard InChI is InChI=1S/C12H12N2O3/c1-3-9-10(7-15)14-6-8(12(16)17-2)4-5-11(14)13-9/h4-7H,3H2,1-2H3. The number of rotatable bonds is 3. The summed E-state index contributed by atoms with van der Waals surface area (Å²) in [5.74, 6) is -0.435. The zero-order valence-corrected chi connectivity index (χ0v) is 9.64. The lowest BCUT2D eigenvalue weighted by Gasteiger charge is -2.00. The second-order valence-corrected chi connectivity index (χ2v) is 3.55. The van der Waals surface area contributed by atoms with E-state index in [2.05, 4.69) is 9.72 Å². The average molecular weight is 232 g/mol. The fraction of sp³-hybridized carbons (Fsp3) is 0.250. The highest BCUT2D eigenvalue weighted by molar-refractivity contribution is 5.89. The molecule has 0 aliphatic heterocycles. The number of ether oxygens (including phenoxy) is 1. The first-order valence-corrected chi connectivity index (χ1v) is 5.25. The minimum absolute atomic E-state index is 0.392. The number of carbonyl (C=O) groups is 2. The first kappa shape index (κ1) is 11.3. The molecule has 0 spiro atoms. The van der Waals surface area contributed by atoms with Crippen molar-refractivity contribution in [3.05, 3.63) is 35.3 Å². The number of hydrogen-bond acceptors (Lipinski definition) is 4. The Morgan fingerprint density at radius 3 is 2.88 bits per heavy atom. The normalized spacial score (nSPS) is 10.5. The Morgan fingerprint density at radius 1 is 1.53 bits per heavy atom. The van der Waals surface area contributed by atoms with Gasteiger partial charge in [-0.3, -0.25) is 9.20 Å². The zero-order chi connectivity index (χ0) is 12.4. The van der Waals surface area contributed by atoms with Gasteiger partial charge in [-0.05, 0) is 18.6 Å². The number of nitrogens with zero attached hydrogens (tertiary/aromatic N) is 2. The van der Waals surface area contributed by atoms with E-state index in [-0.39, 0.29) is 0 Å². The molecule has 0 N–H and O–H groups in total. The van der Waals surface area contributed by atoms with Crippen molar-refractivity contribution >= 4 is 17.9 Å². The van der Waals surface area contributed by atoms with E-state index < -0.39 is 5.97 Å². The van der Waals surface area contributed by atoms with Gasteiger partial charge in [0.1, 0.15) is 11.3 Å². The summed E-state index contributed by atoms with van der Waals surface area (Å²) in [4.78, 5) is 26.7. The third kappa shape index (κ3) is 1.80. The zero-order valence-electron chi connectivity index (χ0n) is 9.64. The Labute approximate surface area is 98.0 Å². The summed E-state index contributed by atoms with van der Waals surface area (Å²) in [5.41, 5.74) is 2.25. The Balaban J connectivity index is 2.66. The SMILES string of the molecule is CCc1nc2ccc(C(=O)OC)cn2c1C=O. The number of aromatic nitrogens is 2. The predicted octanol–water partition coefficient (Wildman–Crippen LogP) is 1.50. The summed E-state index contributed by atoms with van der Waals surface area (Å²) in [6.45, 7) is 1.93. The van der Waals surface area contributed by atoms with E-state index in [0.29, 0.717) is 23.3 Å². The van der Waals surface area contributed by atoms with Crippen molar-refractivity contribution in [2.75, 3.05) is 7.11 Å². The summed E-state index contributed by atoms with van der Waals surface area (Å²) in [6, 6.07) is 3.32. The molecule has 0 aliphatic rings. The maximum atomic E-state index is 11.4. The maximum Gasteiger partial charge on any atom is 0.339 e. The van der Waals surface area contributed by atoms with Gasteiger partial charge in [-0.15, -0.1) is 0 Å². The molecule has 2 rings (SSSR count). The molecule has 17 heavy (non-hydrogen) atoms. The number of pyridine rings is 1. The van der Waals surface area contributed by atoms with E-state index in [9.17, 15) is 9.59 Å². The lowest BCUT2D eigenvalue weighted by atomic mass is 10.2. The second-order valence-electron chi connectivity index (χ2n) is 3.55. The van der Waals surface area contributed by atoms with Crippen LogP contribution in [0.2, 0.25) is 0 Å². The number of aryl methyl sites for hydroxylation is 1. The van der Waals surface area contributed by atoms with Gasteiger partial charge in [-0.2, -0.15) is 0 Å². The molecule has 88 valence electrons. The molecule has 5 heteroatoms. The lowest BCUT2D eigenvalue weighted by molar-refractivity contribution is 0.0600. The summed E-state index contributed by atoms with van der Waals surface area (Å²) >= 11 is 0. The molecule has 0 aliphatic carbocycles. The Hall–Kier alpha value is -2.17. The molecule has 0 radical (unpaired) electrons.